The molecular weight excluding hydrogens is 359 g/mol. The van der Waals surface area contributed by atoms with E-state index >= 15 is 0 Å². The molecule has 0 N–H and O–H groups in total. The van der Waals surface area contributed by atoms with Gasteiger partial charge in [0.15, 0.2) is 0 Å². The lowest BCUT2D eigenvalue weighted by atomic mass is 10.1. The molecule has 116 valence electrons. The molecule has 0 atom stereocenters. The summed E-state index contributed by atoms with van der Waals surface area (Å²) in [6.07, 6.45) is 3.51. The quantitative estimate of drug-likeness (QED) is 0.510. The Kier molecular flexibility index (Phi) is 4.76. The van der Waals surface area contributed by atoms with E-state index in [-0.39, 0.29) is 11.3 Å². The molecule has 0 bridgehead atoms. The van der Waals surface area contributed by atoms with Gasteiger partial charge in [0.1, 0.15) is 16.6 Å². The monoisotopic (exact) mass is 367 g/mol. The van der Waals surface area contributed by atoms with Crippen molar-refractivity contribution in [2.45, 2.75) is 0 Å². The highest BCUT2D eigenvalue weighted by atomic mass is 35.5. The first kappa shape index (κ1) is 16.1. The van der Waals surface area contributed by atoms with E-state index in [0.29, 0.717) is 15.1 Å². The zero-order chi connectivity index (χ0) is 16.4. The summed E-state index contributed by atoms with van der Waals surface area (Å²) in [4.78, 5) is 4.25. The fourth-order valence-electron chi connectivity index (χ4n) is 2.02. The largest absolute Gasteiger partial charge is 0.236 e. The Morgan fingerprint density at radius 3 is 2.43 bits per heavy atom. The molecule has 0 saturated carbocycles. The molecule has 2 aromatic carbocycles. The van der Waals surface area contributed by atoms with Crippen LogP contribution in [0.25, 0.3) is 23.4 Å². The van der Waals surface area contributed by atoms with Crippen LogP contribution in [-0.4, -0.2) is 4.98 Å². The number of rotatable bonds is 3. The van der Waals surface area contributed by atoms with E-state index in [1.807, 2.05) is 0 Å². The number of benzene rings is 2. The van der Waals surface area contributed by atoms with Gasteiger partial charge in [-0.25, -0.2) is 13.8 Å². The molecular formula is C17H9Cl2F2NS. The van der Waals surface area contributed by atoms with Crippen LogP contribution in [-0.2, 0) is 0 Å². The third-order valence-electron chi connectivity index (χ3n) is 3.11. The van der Waals surface area contributed by atoms with E-state index in [9.17, 15) is 8.78 Å². The minimum Gasteiger partial charge on any atom is -0.236 e. The molecule has 0 spiro atoms. The smallest absolute Gasteiger partial charge is 0.135 e. The summed E-state index contributed by atoms with van der Waals surface area (Å²) in [5.41, 5.74) is 0.935. The van der Waals surface area contributed by atoms with Crippen molar-refractivity contribution in [2.24, 2.45) is 0 Å². The van der Waals surface area contributed by atoms with E-state index < -0.39 is 11.6 Å². The predicted octanol–water partition coefficient (Wildman–Crippen LogP) is 6.57. The minimum absolute atomic E-state index is 0.118. The van der Waals surface area contributed by atoms with Crippen LogP contribution in [0, 0.1) is 11.6 Å². The second kappa shape index (κ2) is 6.79. The van der Waals surface area contributed by atoms with Crippen LogP contribution in [0.15, 0.2) is 41.8 Å². The summed E-state index contributed by atoms with van der Waals surface area (Å²) in [5, 5.41) is 3.31. The van der Waals surface area contributed by atoms with Crippen molar-refractivity contribution in [2.75, 3.05) is 0 Å². The van der Waals surface area contributed by atoms with Gasteiger partial charge in [0, 0.05) is 15.4 Å². The average Bonchev–Trinajstić information content (AvgIpc) is 2.95. The molecule has 0 aliphatic rings. The average molecular weight is 368 g/mol. The number of hydrogen-bond acceptors (Lipinski definition) is 2. The standard InChI is InChI=1S/C17H9Cl2F2NS/c18-11-6-4-10(12(19)8-11)5-7-16-22-15(9-23-16)17-13(20)2-1-3-14(17)21/h1-9H/b7-5+. The molecule has 0 fully saturated rings. The van der Waals surface area contributed by atoms with E-state index in [1.54, 1.807) is 35.7 Å². The van der Waals surface area contributed by atoms with Crippen molar-refractivity contribution in [3.8, 4) is 11.3 Å². The third-order valence-corrected chi connectivity index (χ3v) is 4.48. The van der Waals surface area contributed by atoms with Gasteiger partial charge in [-0.2, -0.15) is 0 Å². The second-order valence-electron chi connectivity index (χ2n) is 4.67. The first-order valence-electron chi connectivity index (χ1n) is 6.57. The zero-order valence-electron chi connectivity index (χ0n) is 11.6. The number of thiazole rings is 1. The Bertz CT molecular complexity index is 870. The molecule has 3 rings (SSSR count). The van der Waals surface area contributed by atoms with Gasteiger partial charge in [0.05, 0.1) is 11.3 Å². The summed E-state index contributed by atoms with van der Waals surface area (Å²) in [6, 6.07) is 8.90. The molecule has 0 unspecified atom stereocenters. The van der Waals surface area contributed by atoms with Crippen molar-refractivity contribution in [1.82, 2.24) is 4.98 Å². The van der Waals surface area contributed by atoms with Crippen LogP contribution in [0.5, 0.6) is 0 Å². The second-order valence-corrected chi connectivity index (χ2v) is 6.40. The number of halogens is 4. The first-order chi connectivity index (χ1) is 11.0. The molecule has 0 radical (unpaired) electrons. The highest BCUT2D eigenvalue weighted by molar-refractivity contribution is 7.10. The summed E-state index contributed by atoms with van der Waals surface area (Å²) in [6.45, 7) is 0. The molecule has 1 heterocycles. The molecule has 6 heteroatoms. The fraction of sp³-hybridized carbons (Fsp3) is 0. The Balaban J connectivity index is 1.89. The van der Waals surface area contributed by atoms with Gasteiger partial charge >= 0.3 is 0 Å². The van der Waals surface area contributed by atoms with Gasteiger partial charge < -0.3 is 0 Å². The molecule has 3 aromatic rings. The van der Waals surface area contributed by atoms with Crippen LogP contribution in [0.3, 0.4) is 0 Å². The summed E-state index contributed by atoms with van der Waals surface area (Å²) < 4.78 is 27.5. The van der Waals surface area contributed by atoms with Crippen molar-refractivity contribution in [3.05, 3.63) is 74.0 Å². The van der Waals surface area contributed by atoms with E-state index in [2.05, 4.69) is 4.98 Å². The molecule has 0 amide bonds. The van der Waals surface area contributed by atoms with E-state index in [4.69, 9.17) is 23.2 Å². The summed E-state index contributed by atoms with van der Waals surface area (Å²) >= 11 is 13.2. The molecule has 0 aliphatic heterocycles. The minimum atomic E-state index is -0.633. The van der Waals surface area contributed by atoms with Crippen molar-refractivity contribution in [3.63, 3.8) is 0 Å². The Labute approximate surface area is 145 Å². The van der Waals surface area contributed by atoms with Crippen molar-refractivity contribution in [1.29, 1.82) is 0 Å². The zero-order valence-corrected chi connectivity index (χ0v) is 13.9. The highest BCUT2D eigenvalue weighted by Crippen LogP contribution is 2.28. The maximum atomic E-state index is 13.8. The first-order valence-corrected chi connectivity index (χ1v) is 8.21. The van der Waals surface area contributed by atoms with E-state index in [0.717, 1.165) is 5.56 Å². The van der Waals surface area contributed by atoms with Crippen molar-refractivity contribution >= 4 is 46.7 Å². The van der Waals surface area contributed by atoms with E-state index in [1.165, 1.54) is 29.5 Å². The summed E-state index contributed by atoms with van der Waals surface area (Å²) in [5.74, 6) is -1.27. The molecule has 1 aromatic heterocycles. The fourth-order valence-corrected chi connectivity index (χ4v) is 3.19. The molecule has 1 nitrogen and oxygen atoms in total. The SMILES string of the molecule is Fc1cccc(F)c1-c1csc(/C=C/c2ccc(Cl)cc2Cl)n1. The van der Waals surface area contributed by atoms with Gasteiger partial charge in [0.2, 0.25) is 0 Å². The molecule has 23 heavy (non-hydrogen) atoms. The Hall–Kier alpha value is -1.75. The maximum absolute atomic E-state index is 13.8. The van der Waals surface area contributed by atoms with Gasteiger partial charge in [-0.3, -0.25) is 0 Å². The van der Waals surface area contributed by atoms with Gasteiger partial charge in [-0.15, -0.1) is 11.3 Å². The number of nitrogens with zero attached hydrogens (tertiary/aromatic N) is 1. The lowest BCUT2D eigenvalue weighted by Crippen LogP contribution is -1.89. The predicted molar refractivity (Wildman–Crippen MR) is 92.9 cm³/mol. The van der Waals surface area contributed by atoms with Crippen LogP contribution in [0.1, 0.15) is 10.6 Å². The van der Waals surface area contributed by atoms with Gasteiger partial charge in [-0.1, -0.05) is 41.4 Å². The van der Waals surface area contributed by atoms with Crippen LogP contribution < -0.4 is 0 Å². The topological polar surface area (TPSA) is 12.9 Å². The third kappa shape index (κ3) is 3.61. The lowest BCUT2D eigenvalue weighted by molar-refractivity contribution is 0.589. The Morgan fingerprint density at radius 1 is 1.00 bits per heavy atom. The van der Waals surface area contributed by atoms with Crippen LogP contribution in [0.2, 0.25) is 10.0 Å². The molecule has 0 aliphatic carbocycles. The molecule has 0 saturated heterocycles. The normalized spacial score (nSPS) is 11.3. The maximum Gasteiger partial charge on any atom is 0.135 e. The number of aromatic nitrogens is 1. The Morgan fingerprint density at radius 2 is 1.74 bits per heavy atom. The lowest BCUT2D eigenvalue weighted by Gasteiger charge is -2.00. The highest BCUT2D eigenvalue weighted by Gasteiger charge is 2.13. The van der Waals surface area contributed by atoms with Gasteiger partial charge in [-0.05, 0) is 35.9 Å². The van der Waals surface area contributed by atoms with Crippen LogP contribution >= 0.6 is 34.5 Å². The summed E-state index contributed by atoms with van der Waals surface area (Å²) in [7, 11) is 0. The van der Waals surface area contributed by atoms with Crippen molar-refractivity contribution < 1.29 is 8.78 Å². The van der Waals surface area contributed by atoms with Gasteiger partial charge in [0.25, 0.3) is 0 Å². The van der Waals surface area contributed by atoms with Crippen LogP contribution in [0.4, 0.5) is 8.78 Å². The number of hydrogen-bond donors (Lipinski definition) is 0.